The minimum Gasteiger partial charge on any atom is -0.330 e. The van der Waals surface area contributed by atoms with Crippen LogP contribution in [0.3, 0.4) is 0 Å². The van der Waals surface area contributed by atoms with Crippen molar-refractivity contribution < 1.29 is 0 Å². The third kappa shape index (κ3) is 3.99. The average molecular weight is 342 g/mol. The lowest BCUT2D eigenvalue weighted by molar-refractivity contribution is 0.120. The highest BCUT2D eigenvalue weighted by Gasteiger charge is 2.26. The van der Waals surface area contributed by atoms with Crippen LogP contribution < -0.4 is 5.56 Å². The van der Waals surface area contributed by atoms with Crippen LogP contribution in [0.15, 0.2) is 29.5 Å². The fourth-order valence-corrected chi connectivity index (χ4v) is 3.48. The average Bonchev–Trinajstić information content (AvgIpc) is 3.36. The molecule has 2 aromatic rings. The van der Waals surface area contributed by atoms with Gasteiger partial charge in [0.15, 0.2) is 0 Å². The minimum absolute atomic E-state index is 0.0161. The SMILES string of the molecule is Cc1ccc(=O)n(CCN2CCN(Cc3cncn3C3CC3)CC2)n1. The molecule has 1 saturated carbocycles. The van der Waals surface area contributed by atoms with Gasteiger partial charge in [-0.25, -0.2) is 9.67 Å². The molecule has 0 radical (unpaired) electrons. The van der Waals surface area contributed by atoms with Gasteiger partial charge in [-0.2, -0.15) is 5.10 Å². The van der Waals surface area contributed by atoms with Gasteiger partial charge in [0.25, 0.3) is 5.56 Å². The lowest BCUT2D eigenvalue weighted by Crippen LogP contribution is -2.47. The Morgan fingerprint density at radius 3 is 2.60 bits per heavy atom. The summed E-state index contributed by atoms with van der Waals surface area (Å²) >= 11 is 0. The second-order valence-corrected chi connectivity index (χ2v) is 7.18. The first-order chi connectivity index (χ1) is 12.2. The monoisotopic (exact) mass is 342 g/mol. The van der Waals surface area contributed by atoms with Gasteiger partial charge in [0.2, 0.25) is 0 Å². The zero-order chi connectivity index (χ0) is 17.2. The number of hydrogen-bond acceptors (Lipinski definition) is 5. The van der Waals surface area contributed by atoms with Crippen molar-refractivity contribution in [2.45, 2.75) is 38.9 Å². The van der Waals surface area contributed by atoms with Gasteiger partial charge in [0.1, 0.15) is 0 Å². The number of imidazole rings is 1. The van der Waals surface area contributed by atoms with Gasteiger partial charge < -0.3 is 4.57 Å². The number of rotatable bonds is 6. The van der Waals surface area contributed by atoms with Crippen LogP contribution in [0.5, 0.6) is 0 Å². The molecule has 0 unspecified atom stereocenters. The Kier molecular flexibility index (Phi) is 4.67. The predicted octanol–water partition coefficient (Wildman–Crippen LogP) is 0.901. The van der Waals surface area contributed by atoms with Gasteiger partial charge in [0.05, 0.1) is 24.3 Å². The Morgan fingerprint density at radius 2 is 1.84 bits per heavy atom. The van der Waals surface area contributed by atoms with Crippen molar-refractivity contribution in [3.8, 4) is 0 Å². The topological polar surface area (TPSA) is 59.2 Å². The van der Waals surface area contributed by atoms with E-state index in [2.05, 4.69) is 24.4 Å². The van der Waals surface area contributed by atoms with Crippen LogP contribution in [-0.4, -0.2) is 61.9 Å². The summed E-state index contributed by atoms with van der Waals surface area (Å²) in [6.45, 7) is 8.65. The maximum Gasteiger partial charge on any atom is 0.266 e. The molecule has 134 valence electrons. The predicted molar refractivity (Wildman–Crippen MR) is 95.4 cm³/mol. The van der Waals surface area contributed by atoms with E-state index in [-0.39, 0.29) is 5.56 Å². The largest absolute Gasteiger partial charge is 0.330 e. The van der Waals surface area contributed by atoms with E-state index in [4.69, 9.17) is 0 Å². The van der Waals surface area contributed by atoms with E-state index in [0.29, 0.717) is 12.6 Å². The Morgan fingerprint density at radius 1 is 1.08 bits per heavy atom. The van der Waals surface area contributed by atoms with Crippen LogP contribution in [-0.2, 0) is 13.1 Å². The lowest BCUT2D eigenvalue weighted by Gasteiger charge is -2.34. The Labute approximate surface area is 147 Å². The summed E-state index contributed by atoms with van der Waals surface area (Å²) in [6.07, 6.45) is 6.59. The van der Waals surface area contributed by atoms with E-state index in [0.717, 1.165) is 45.0 Å². The van der Waals surface area contributed by atoms with Crippen molar-refractivity contribution in [2.24, 2.45) is 0 Å². The van der Waals surface area contributed by atoms with Gasteiger partial charge in [0, 0.05) is 57.6 Å². The molecule has 0 aromatic carbocycles. The highest BCUT2D eigenvalue weighted by molar-refractivity contribution is 5.04. The normalized spacial score (nSPS) is 19.4. The van der Waals surface area contributed by atoms with E-state index in [1.165, 1.54) is 18.5 Å². The molecule has 2 fully saturated rings. The fourth-order valence-electron chi connectivity index (χ4n) is 3.48. The number of nitrogens with zero attached hydrogens (tertiary/aromatic N) is 6. The summed E-state index contributed by atoms with van der Waals surface area (Å²) in [4.78, 5) is 21.1. The van der Waals surface area contributed by atoms with Crippen molar-refractivity contribution in [3.05, 3.63) is 46.4 Å². The molecule has 0 atom stereocenters. The van der Waals surface area contributed by atoms with Crippen LogP contribution in [0.2, 0.25) is 0 Å². The van der Waals surface area contributed by atoms with Crippen LogP contribution in [0, 0.1) is 6.92 Å². The molecule has 1 aliphatic carbocycles. The second kappa shape index (κ2) is 7.09. The lowest BCUT2D eigenvalue weighted by atomic mass is 10.3. The highest BCUT2D eigenvalue weighted by Crippen LogP contribution is 2.35. The molecule has 0 spiro atoms. The van der Waals surface area contributed by atoms with E-state index in [1.54, 1.807) is 16.8 Å². The summed E-state index contributed by atoms with van der Waals surface area (Å²) in [7, 11) is 0. The first kappa shape index (κ1) is 16.5. The summed E-state index contributed by atoms with van der Waals surface area (Å²) < 4.78 is 3.93. The van der Waals surface area contributed by atoms with Gasteiger partial charge in [-0.1, -0.05) is 0 Å². The first-order valence-electron chi connectivity index (χ1n) is 9.19. The molecule has 3 heterocycles. The summed E-state index contributed by atoms with van der Waals surface area (Å²) in [5, 5.41) is 4.31. The molecule has 2 aliphatic rings. The Balaban J connectivity index is 1.26. The van der Waals surface area contributed by atoms with Crippen LogP contribution in [0.25, 0.3) is 0 Å². The molecule has 25 heavy (non-hydrogen) atoms. The number of piperazine rings is 1. The van der Waals surface area contributed by atoms with Gasteiger partial charge >= 0.3 is 0 Å². The number of aromatic nitrogens is 4. The summed E-state index contributed by atoms with van der Waals surface area (Å²) in [5.41, 5.74) is 2.21. The Bertz CT molecular complexity index is 770. The zero-order valence-electron chi connectivity index (χ0n) is 14.8. The highest BCUT2D eigenvalue weighted by atomic mass is 16.1. The Hall–Kier alpha value is -1.99. The van der Waals surface area contributed by atoms with E-state index in [9.17, 15) is 4.79 Å². The van der Waals surface area contributed by atoms with Gasteiger partial charge in [-0.05, 0) is 25.8 Å². The molecule has 1 saturated heterocycles. The van der Waals surface area contributed by atoms with Crippen LogP contribution in [0.1, 0.15) is 30.3 Å². The zero-order valence-corrected chi connectivity index (χ0v) is 14.8. The molecule has 0 bridgehead atoms. The fraction of sp³-hybridized carbons (Fsp3) is 0.611. The van der Waals surface area contributed by atoms with Gasteiger partial charge in [-0.15, -0.1) is 0 Å². The third-order valence-corrected chi connectivity index (χ3v) is 5.17. The van der Waals surface area contributed by atoms with Crippen molar-refractivity contribution in [3.63, 3.8) is 0 Å². The quantitative estimate of drug-likeness (QED) is 0.781. The summed E-state index contributed by atoms with van der Waals surface area (Å²) in [5.74, 6) is 0. The second-order valence-electron chi connectivity index (χ2n) is 7.18. The van der Waals surface area contributed by atoms with Crippen molar-refractivity contribution in [2.75, 3.05) is 32.7 Å². The smallest absolute Gasteiger partial charge is 0.266 e. The van der Waals surface area contributed by atoms with Crippen molar-refractivity contribution >= 4 is 0 Å². The van der Waals surface area contributed by atoms with Crippen LogP contribution >= 0.6 is 0 Å². The summed E-state index contributed by atoms with van der Waals surface area (Å²) in [6, 6.07) is 4.06. The first-order valence-corrected chi connectivity index (χ1v) is 9.19. The molecule has 7 nitrogen and oxygen atoms in total. The van der Waals surface area contributed by atoms with Crippen molar-refractivity contribution in [1.29, 1.82) is 0 Å². The molecule has 0 amide bonds. The van der Waals surface area contributed by atoms with Crippen LogP contribution in [0.4, 0.5) is 0 Å². The third-order valence-electron chi connectivity index (χ3n) is 5.17. The minimum atomic E-state index is -0.0161. The molecule has 7 heteroatoms. The molecule has 4 rings (SSSR count). The maximum absolute atomic E-state index is 11.8. The number of aryl methyl sites for hydroxylation is 1. The molecule has 1 aliphatic heterocycles. The van der Waals surface area contributed by atoms with Crippen molar-refractivity contribution in [1.82, 2.24) is 29.1 Å². The molecular weight excluding hydrogens is 316 g/mol. The van der Waals surface area contributed by atoms with Gasteiger partial charge in [-0.3, -0.25) is 14.6 Å². The molecule has 2 aromatic heterocycles. The number of hydrogen-bond donors (Lipinski definition) is 0. The van der Waals surface area contributed by atoms with E-state index < -0.39 is 0 Å². The molecular formula is C18H26N6O. The standard InChI is InChI=1S/C18H26N6O/c1-15-2-5-18(25)24(20-15)11-10-21-6-8-22(9-7-21)13-17-12-19-14-23(17)16-3-4-16/h2,5,12,14,16H,3-4,6-11,13H2,1H3. The van der Waals surface area contributed by atoms with E-state index >= 15 is 0 Å². The maximum atomic E-state index is 11.8. The molecule has 0 N–H and O–H groups in total. The van der Waals surface area contributed by atoms with E-state index in [1.807, 2.05) is 19.4 Å².